The molecule has 0 aliphatic rings. The Balaban J connectivity index is 2.42. The lowest BCUT2D eigenvalue weighted by Gasteiger charge is -2.20. The van der Waals surface area contributed by atoms with Gasteiger partial charge in [0.05, 0.1) is 17.6 Å². The molecule has 0 bridgehead atoms. The number of aromatic nitrogens is 4. The number of halogens is 2. The Morgan fingerprint density at radius 1 is 1.20 bits per heavy atom. The van der Waals surface area contributed by atoms with Crippen molar-refractivity contribution in [3.8, 4) is 0 Å². The van der Waals surface area contributed by atoms with Gasteiger partial charge in [-0.1, -0.05) is 6.92 Å². The van der Waals surface area contributed by atoms with E-state index in [0.29, 0.717) is 11.2 Å². The summed E-state index contributed by atoms with van der Waals surface area (Å²) in [5, 5.41) is 7.90. The van der Waals surface area contributed by atoms with Crippen molar-refractivity contribution in [2.24, 2.45) is 0 Å². The zero-order valence-electron chi connectivity index (χ0n) is 15.0. The predicted octanol–water partition coefficient (Wildman–Crippen LogP) is 2.63. The van der Waals surface area contributed by atoms with Gasteiger partial charge in [-0.15, -0.1) is 0 Å². The Morgan fingerprint density at radius 2 is 1.84 bits per heavy atom. The maximum atomic E-state index is 12.9. The fraction of sp³-hybridized carbons (Fsp3) is 0.600. The molecule has 0 saturated heterocycles. The van der Waals surface area contributed by atoms with Crippen LogP contribution in [0.5, 0.6) is 0 Å². The van der Waals surface area contributed by atoms with Gasteiger partial charge in [0.15, 0.2) is 0 Å². The average Bonchev–Trinajstić information content (AvgIpc) is 3.06. The number of nitrogens with zero attached hydrogens (tertiary/aromatic N) is 5. The lowest BCUT2D eigenvalue weighted by Crippen LogP contribution is -2.31. The van der Waals surface area contributed by atoms with Crippen LogP contribution in [0, 0.1) is 20.8 Å². The second-order valence-corrected chi connectivity index (χ2v) is 7.62. The summed E-state index contributed by atoms with van der Waals surface area (Å²) < 4.78 is 55.1. The van der Waals surface area contributed by atoms with Gasteiger partial charge in [0.25, 0.3) is 0 Å². The van der Waals surface area contributed by atoms with Gasteiger partial charge in [0.2, 0.25) is 10.0 Å². The number of rotatable bonds is 7. The second-order valence-electron chi connectivity index (χ2n) is 5.71. The van der Waals surface area contributed by atoms with E-state index in [2.05, 4.69) is 10.2 Å². The van der Waals surface area contributed by atoms with Gasteiger partial charge < -0.3 is 0 Å². The van der Waals surface area contributed by atoms with Crippen LogP contribution in [-0.4, -0.2) is 38.8 Å². The minimum atomic E-state index is -3.94. The summed E-state index contributed by atoms with van der Waals surface area (Å²) in [5.74, 6) is 0. The molecule has 10 heteroatoms. The van der Waals surface area contributed by atoms with E-state index >= 15 is 0 Å². The lowest BCUT2D eigenvalue weighted by molar-refractivity contribution is 0.0541. The van der Waals surface area contributed by atoms with Crippen LogP contribution in [0.2, 0.25) is 0 Å². The third-order valence-corrected chi connectivity index (χ3v) is 6.34. The summed E-state index contributed by atoms with van der Waals surface area (Å²) in [6.07, 6.45) is 0.981. The highest BCUT2D eigenvalue weighted by atomic mass is 32.2. The van der Waals surface area contributed by atoms with Crippen LogP contribution in [-0.2, 0) is 23.1 Å². The van der Waals surface area contributed by atoms with Crippen LogP contribution in [0.25, 0.3) is 0 Å². The monoisotopic (exact) mass is 375 g/mol. The van der Waals surface area contributed by atoms with Gasteiger partial charge in [-0.05, 0) is 27.7 Å². The third kappa shape index (κ3) is 3.45. The van der Waals surface area contributed by atoms with Crippen molar-refractivity contribution < 1.29 is 17.2 Å². The van der Waals surface area contributed by atoms with E-state index in [1.807, 2.05) is 25.5 Å². The van der Waals surface area contributed by atoms with Crippen molar-refractivity contribution in [1.29, 1.82) is 0 Å². The summed E-state index contributed by atoms with van der Waals surface area (Å²) in [5.41, 5.74) is 2.40. The van der Waals surface area contributed by atoms with Crippen molar-refractivity contribution in [2.45, 2.75) is 59.2 Å². The summed E-state index contributed by atoms with van der Waals surface area (Å²) in [7, 11) is -3.94. The van der Waals surface area contributed by atoms with Crippen LogP contribution < -0.4 is 0 Å². The Hall–Kier alpha value is -1.81. The van der Waals surface area contributed by atoms with Gasteiger partial charge in [0.1, 0.15) is 4.90 Å². The molecule has 0 spiro atoms. The van der Waals surface area contributed by atoms with Crippen LogP contribution in [0.3, 0.4) is 0 Å². The topological polar surface area (TPSA) is 73.0 Å². The molecule has 0 radical (unpaired) electrons. The highest BCUT2D eigenvalue weighted by Crippen LogP contribution is 2.25. The maximum absolute atomic E-state index is 12.9. The highest BCUT2D eigenvalue weighted by molar-refractivity contribution is 7.89. The van der Waals surface area contributed by atoms with E-state index in [1.165, 1.54) is 11.2 Å². The molecule has 2 rings (SSSR count). The third-order valence-electron chi connectivity index (χ3n) is 4.32. The molecule has 0 fully saturated rings. The summed E-state index contributed by atoms with van der Waals surface area (Å²) >= 11 is 0. The van der Waals surface area contributed by atoms with E-state index in [0.717, 1.165) is 23.1 Å². The van der Waals surface area contributed by atoms with Crippen LogP contribution >= 0.6 is 0 Å². The molecule has 25 heavy (non-hydrogen) atoms. The molecule has 0 aromatic carbocycles. The lowest BCUT2D eigenvalue weighted by atomic mass is 10.2. The first-order valence-corrected chi connectivity index (χ1v) is 9.44. The largest absolute Gasteiger partial charge is 0.333 e. The fourth-order valence-corrected chi connectivity index (χ4v) is 4.37. The Morgan fingerprint density at radius 3 is 2.28 bits per heavy atom. The minimum absolute atomic E-state index is 0.0776. The van der Waals surface area contributed by atoms with E-state index in [1.54, 1.807) is 6.92 Å². The summed E-state index contributed by atoms with van der Waals surface area (Å²) in [6, 6.07) is 0. The van der Waals surface area contributed by atoms with Gasteiger partial charge in [-0.2, -0.15) is 23.3 Å². The van der Waals surface area contributed by atoms with Gasteiger partial charge >= 0.3 is 6.55 Å². The number of sulfonamides is 1. The normalized spacial score (nSPS) is 12.5. The van der Waals surface area contributed by atoms with E-state index in [-0.39, 0.29) is 23.7 Å². The molecule has 0 unspecified atom stereocenters. The number of alkyl halides is 2. The second kappa shape index (κ2) is 7.20. The zero-order valence-corrected chi connectivity index (χ0v) is 15.8. The SMILES string of the molecule is CCN(Cc1c(C)nn(CC)c1C)S(=O)(=O)c1cnn(C(F)F)c1C. The molecule has 2 heterocycles. The first-order valence-electron chi connectivity index (χ1n) is 8.00. The number of aryl methyl sites for hydroxylation is 2. The maximum Gasteiger partial charge on any atom is 0.333 e. The molecule has 0 N–H and O–H groups in total. The molecule has 0 saturated carbocycles. The molecule has 2 aromatic rings. The molecule has 0 atom stereocenters. The minimum Gasteiger partial charge on any atom is -0.270 e. The van der Waals surface area contributed by atoms with Crippen LogP contribution in [0.15, 0.2) is 11.1 Å². The first kappa shape index (κ1) is 19.5. The highest BCUT2D eigenvalue weighted by Gasteiger charge is 2.30. The van der Waals surface area contributed by atoms with Gasteiger partial charge in [-0.3, -0.25) is 4.68 Å². The van der Waals surface area contributed by atoms with E-state index in [4.69, 9.17) is 0 Å². The van der Waals surface area contributed by atoms with Crippen molar-refractivity contribution in [1.82, 2.24) is 23.9 Å². The van der Waals surface area contributed by atoms with Gasteiger partial charge in [-0.25, -0.2) is 13.1 Å². The molecule has 0 amide bonds. The Kier molecular flexibility index (Phi) is 5.62. The van der Waals surface area contributed by atoms with Crippen molar-refractivity contribution >= 4 is 10.0 Å². The van der Waals surface area contributed by atoms with Gasteiger partial charge in [0, 0.05) is 30.9 Å². The first-order chi connectivity index (χ1) is 11.6. The van der Waals surface area contributed by atoms with E-state index in [9.17, 15) is 17.2 Å². The predicted molar refractivity (Wildman–Crippen MR) is 88.9 cm³/mol. The Labute approximate surface area is 146 Å². The summed E-state index contributed by atoms with van der Waals surface area (Å²) in [4.78, 5) is -0.201. The van der Waals surface area contributed by atoms with Crippen molar-refractivity contribution in [2.75, 3.05) is 6.54 Å². The molecule has 0 aliphatic heterocycles. The number of hydrogen-bond donors (Lipinski definition) is 0. The molecule has 2 aromatic heterocycles. The quantitative estimate of drug-likeness (QED) is 0.746. The molecule has 140 valence electrons. The van der Waals surface area contributed by atoms with E-state index < -0.39 is 16.6 Å². The number of hydrogen-bond acceptors (Lipinski definition) is 4. The smallest absolute Gasteiger partial charge is 0.270 e. The Bertz CT molecular complexity index is 858. The van der Waals surface area contributed by atoms with Crippen molar-refractivity contribution in [3.05, 3.63) is 28.8 Å². The fourth-order valence-electron chi connectivity index (χ4n) is 2.81. The summed E-state index contributed by atoms with van der Waals surface area (Å²) in [6.45, 7) is 6.85. The standard InChI is InChI=1S/C15H23F2N5O2S/c1-6-20(9-13-10(3)19-21(7-2)11(13)4)25(23,24)14-8-18-22(12(14)5)15(16)17/h8,15H,6-7,9H2,1-5H3. The van der Waals surface area contributed by atoms with Crippen LogP contribution in [0.1, 0.15) is 43.0 Å². The molecular formula is C15H23F2N5O2S. The average molecular weight is 375 g/mol. The van der Waals surface area contributed by atoms with Crippen molar-refractivity contribution in [3.63, 3.8) is 0 Å². The molecular weight excluding hydrogens is 352 g/mol. The molecule has 7 nitrogen and oxygen atoms in total. The van der Waals surface area contributed by atoms with Crippen LogP contribution in [0.4, 0.5) is 8.78 Å². The molecule has 0 aliphatic carbocycles. The zero-order chi connectivity index (χ0) is 18.9.